The fraction of sp³-hybridized carbons (Fsp3) is 0.304. The van der Waals surface area contributed by atoms with Crippen molar-refractivity contribution in [2.24, 2.45) is 0 Å². The molecule has 1 saturated heterocycles. The van der Waals surface area contributed by atoms with Crippen molar-refractivity contribution in [3.05, 3.63) is 66.2 Å². The second-order valence-electron chi connectivity index (χ2n) is 7.39. The van der Waals surface area contributed by atoms with E-state index < -0.39 is 10.0 Å². The third-order valence-electron chi connectivity index (χ3n) is 5.41. The minimum absolute atomic E-state index is 0.284. The van der Waals surface area contributed by atoms with E-state index in [0.29, 0.717) is 38.5 Å². The Morgan fingerprint density at radius 3 is 2.23 bits per heavy atom. The highest BCUT2D eigenvalue weighted by atomic mass is 32.2. The lowest BCUT2D eigenvalue weighted by molar-refractivity contribution is 0.340. The fourth-order valence-electron chi connectivity index (χ4n) is 3.68. The summed E-state index contributed by atoms with van der Waals surface area (Å²) in [6.45, 7) is 6.42. The van der Waals surface area contributed by atoms with Gasteiger partial charge in [0.05, 0.1) is 17.2 Å². The molecule has 1 fully saturated rings. The van der Waals surface area contributed by atoms with Crippen LogP contribution in [0.2, 0.25) is 0 Å². The van der Waals surface area contributed by atoms with Gasteiger partial charge in [-0.05, 0) is 55.8 Å². The predicted octanol–water partition coefficient (Wildman–Crippen LogP) is 3.36. The number of hydrogen-bond acceptors (Lipinski definition) is 6. The number of rotatable bonds is 6. The predicted molar refractivity (Wildman–Crippen MR) is 121 cm³/mol. The van der Waals surface area contributed by atoms with Crippen LogP contribution in [0.4, 0.5) is 5.82 Å². The lowest BCUT2D eigenvalue weighted by atomic mass is 10.1. The van der Waals surface area contributed by atoms with E-state index in [0.717, 1.165) is 22.6 Å². The summed E-state index contributed by atoms with van der Waals surface area (Å²) in [7, 11) is -3.53. The standard InChI is InChI=1S/C23H26N4O3S/c1-3-30-19-8-10-20(11-9-19)31(28,29)27-16-14-26(15-17-27)23-13-12-22(24-25-23)21-7-5-4-6-18(21)2/h4-13H,3,14-17H2,1-2H3. The maximum Gasteiger partial charge on any atom is 0.243 e. The Labute approximate surface area is 183 Å². The highest BCUT2D eigenvalue weighted by Crippen LogP contribution is 2.24. The largest absolute Gasteiger partial charge is 0.494 e. The van der Waals surface area contributed by atoms with Gasteiger partial charge in [0.15, 0.2) is 5.82 Å². The first kappa shape index (κ1) is 21.3. The van der Waals surface area contributed by atoms with Crippen LogP contribution in [0, 0.1) is 6.92 Å². The van der Waals surface area contributed by atoms with Crippen molar-refractivity contribution in [2.45, 2.75) is 18.7 Å². The van der Waals surface area contributed by atoms with Crippen LogP contribution in [0.5, 0.6) is 5.75 Å². The molecule has 0 amide bonds. The highest BCUT2D eigenvalue weighted by molar-refractivity contribution is 7.89. The average Bonchev–Trinajstić information content (AvgIpc) is 2.80. The summed E-state index contributed by atoms with van der Waals surface area (Å²) in [4.78, 5) is 2.35. The number of hydrogen-bond donors (Lipinski definition) is 0. The molecule has 0 bridgehead atoms. The molecular formula is C23H26N4O3S. The summed E-state index contributed by atoms with van der Waals surface area (Å²) >= 11 is 0. The molecule has 0 saturated carbocycles. The SMILES string of the molecule is CCOc1ccc(S(=O)(=O)N2CCN(c3ccc(-c4ccccc4C)nn3)CC2)cc1. The van der Waals surface area contributed by atoms with E-state index in [2.05, 4.69) is 28.1 Å². The van der Waals surface area contributed by atoms with Crippen LogP contribution in [-0.2, 0) is 10.0 Å². The average molecular weight is 439 g/mol. The van der Waals surface area contributed by atoms with Gasteiger partial charge >= 0.3 is 0 Å². The zero-order valence-corrected chi connectivity index (χ0v) is 18.5. The minimum atomic E-state index is -3.53. The molecule has 8 heteroatoms. The van der Waals surface area contributed by atoms with E-state index in [1.54, 1.807) is 24.3 Å². The van der Waals surface area contributed by atoms with Crippen molar-refractivity contribution >= 4 is 15.8 Å². The van der Waals surface area contributed by atoms with Gasteiger partial charge in [-0.1, -0.05) is 24.3 Å². The van der Waals surface area contributed by atoms with Gasteiger partial charge < -0.3 is 9.64 Å². The van der Waals surface area contributed by atoms with Crippen molar-refractivity contribution in [3.63, 3.8) is 0 Å². The lowest BCUT2D eigenvalue weighted by Crippen LogP contribution is -2.48. The quantitative estimate of drug-likeness (QED) is 0.587. The van der Waals surface area contributed by atoms with Crippen LogP contribution in [0.1, 0.15) is 12.5 Å². The number of aromatic nitrogens is 2. The Bertz CT molecular complexity index is 1120. The molecule has 0 radical (unpaired) electrons. The summed E-state index contributed by atoms with van der Waals surface area (Å²) in [5.41, 5.74) is 3.05. The molecule has 1 aromatic heterocycles. The normalized spacial score (nSPS) is 15.1. The van der Waals surface area contributed by atoms with Crippen molar-refractivity contribution in [3.8, 4) is 17.0 Å². The minimum Gasteiger partial charge on any atom is -0.494 e. The molecule has 7 nitrogen and oxygen atoms in total. The summed E-state index contributed by atoms with van der Waals surface area (Å²) in [5, 5.41) is 8.77. The first-order chi connectivity index (χ1) is 15.0. The molecule has 31 heavy (non-hydrogen) atoms. The smallest absolute Gasteiger partial charge is 0.243 e. The van der Waals surface area contributed by atoms with Crippen molar-refractivity contribution in [1.29, 1.82) is 0 Å². The molecule has 4 rings (SSSR count). The molecule has 0 unspecified atom stereocenters. The van der Waals surface area contributed by atoms with Gasteiger partial charge in [0, 0.05) is 31.7 Å². The number of ether oxygens (including phenoxy) is 1. The van der Waals surface area contributed by atoms with Crippen LogP contribution in [-0.4, -0.2) is 55.7 Å². The fourth-order valence-corrected chi connectivity index (χ4v) is 5.10. The number of aryl methyl sites for hydroxylation is 1. The van der Waals surface area contributed by atoms with Crippen LogP contribution in [0.25, 0.3) is 11.3 Å². The summed E-state index contributed by atoms with van der Waals surface area (Å²) < 4.78 is 32.9. The third-order valence-corrected chi connectivity index (χ3v) is 7.32. The van der Waals surface area contributed by atoms with Crippen molar-refractivity contribution in [1.82, 2.24) is 14.5 Å². The molecule has 1 aliphatic rings. The van der Waals surface area contributed by atoms with Crippen LogP contribution >= 0.6 is 0 Å². The Morgan fingerprint density at radius 1 is 0.903 bits per heavy atom. The van der Waals surface area contributed by atoms with Crippen LogP contribution < -0.4 is 9.64 Å². The zero-order chi connectivity index (χ0) is 21.8. The van der Waals surface area contributed by atoms with E-state index in [9.17, 15) is 8.42 Å². The Kier molecular flexibility index (Phi) is 6.20. The molecule has 0 atom stereocenters. The number of benzene rings is 2. The van der Waals surface area contributed by atoms with Crippen molar-refractivity contribution in [2.75, 3.05) is 37.7 Å². The van der Waals surface area contributed by atoms with Crippen LogP contribution in [0.3, 0.4) is 0 Å². The van der Waals surface area contributed by atoms with Crippen LogP contribution in [0.15, 0.2) is 65.6 Å². The van der Waals surface area contributed by atoms with Gasteiger partial charge in [-0.3, -0.25) is 0 Å². The second-order valence-corrected chi connectivity index (χ2v) is 9.33. The molecule has 0 aliphatic carbocycles. The maximum absolute atomic E-state index is 13.0. The topological polar surface area (TPSA) is 75.6 Å². The Hall–Kier alpha value is -2.97. The van der Waals surface area contributed by atoms with E-state index in [1.165, 1.54) is 4.31 Å². The van der Waals surface area contributed by atoms with E-state index in [1.807, 2.05) is 37.3 Å². The molecule has 162 valence electrons. The number of sulfonamides is 1. The number of anilines is 1. The molecular weight excluding hydrogens is 412 g/mol. The van der Waals surface area contributed by atoms with E-state index in [-0.39, 0.29) is 4.90 Å². The second kappa shape index (κ2) is 9.03. The molecule has 3 aromatic rings. The first-order valence-corrected chi connectivity index (χ1v) is 11.8. The summed E-state index contributed by atoms with van der Waals surface area (Å²) in [5.74, 6) is 1.43. The van der Waals surface area contributed by atoms with Crippen molar-refractivity contribution < 1.29 is 13.2 Å². The first-order valence-electron chi connectivity index (χ1n) is 10.4. The third kappa shape index (κ3) is 4.55. The molecule has 0 spiro atoms. The molecule has 2 heterocycles. The highest BCUT2D eigenvalue weighted by Gasteiger charge is 2.29. The van der Waals surface area contributed by atoms with E-state index >= 15 is 0 Å². The monoisotopic (exact) mass is 438 g/mol. The number of nitrogens with zero attached hydrogens (tertiary/aromatic N) is 4. The Balaban J connectivity index is 1.42. The van der Waals surface area contributed by atoms with Gasteiger partial charge in [0.1, 0.15) is 5.75 Å². The van der Waals surface area contributed by atoms with E-state index in [4.69, 9.17) is 4.74 Å². The molecule has 1 aliphatic heterocycles. The maximum atomic E-state index is 13.0. The van der Waals surface area contributed by atoms with Gasteiger partial charge in [0.2, 0.25) is 10.0 Å². The van der Waals surface area contributed by atoms with Gasteiger partial charge in [-0.25, -0.2) is 8.42 Å². The number of piperazine rings is 1. The molecule has 2 aromatic carbocycles. The zero-order valence-electron chi connectivity index (χ0n) is 17.7. The Morgan fingerprint density at radius 2 is 1.61 bits per heavy atom. The lowest BCUT2D eigenvalue weighted by Gasteiger charge is -2.34. The summed E-state index contributed by atoms with van der Waals surface area (Å²) in [6, 6.07) is 18.6. The van der Waals surface area contributed by atoms with Gasteiger partial charge in [-0.2, -0.15) is 4.31 Å². The van der Waals surface area contributed by atoms with Gasteiger partial charge in [-0.15, -0.1) is 10.2 Å². The summed E-state index contributed by atoms with van der Waals surface area (Å²) in [6.07, 6.45) is 0. The van der Waals surface area contributed by atoms with Gasteiger partial charge in [0.25, 0.3) is 0 Å². The molecule has 0 N–H and O–H groups in total.